The third kappa shape index (κ3) is 59.6. The van der Waals surface area contributed by atoms with Crippen LogP contribution in [-0.4, -0.2) is 37.2 Å². The van der Waals surface area contributed by atoms with Crippen molar-refractivity contribution < 1.29 is 28.6 Å². The topological polar surface area (TPSA) is 78.9 Å². The fraction of sp³-hybridized carbons (Fsp3) is 0.776. The molecule has 0 spiro atoms. The molecule has 1 unspecified atom stereocenters. The normalized spacial score (nSPS) is 12.5. The van der Waals surface area contributed by atoms with Gasteiger partial charge in [0.25, 0.3) is 0 Å². The van der Waals surface area contributed by atoms with Crippen LogP contribution in [0.2, 0.25) is 0 Å². The fourth-order valence-electron chi connectivity index (χ4n) is 8.95. The highest BCUT2D eigenvalue weighted by Crippen LogP contribution is 2.16. The molecule has 73 heavy (non-hydrogen) atoms. The van der Waals surface area contributed by atoms with E-state index in [4.69, 9.17) is 14.2 Å². The molecule has 0 bridgehead atoms. The lowest BCUT2D eigenvalue weighted by molar-refractivity contribution is -0.167. The van der Waals surface area contributed by atoms with Crippen LogP contribution in [0.3, 0.4) is 0 Å². The smallest absolute Gasteiger partial charge is 0.306 e. The van der Waals surface area contributed by atoms with E-state index < -0.39 is 6.10 Å². The van der Waals surface area contributed by atoms with Gasteiger partial charge in [-0.25, -0.2) is 0 Å². The molecule has 0 N–H and O–H groups in total. The average molecular weight is 1020 g/mol. The average Bonchev–Trinajstić information content (AvgIpc) is 3.39. The van der Waals surface area contributed by atoms with Gasteiger partial charge in [-0.15, -0.1) is 0 Å². The SMILES string of the molecule is CC/C=C\C/C=C\C/C=C\CCCCCC(=O)OCC(COC(=O)CCCCCCCCCCCCCCC/C=C\C/C=C\CCCCCCC)OC(=O)CCCCCCCCC/C=C\CCCCCCCC. The molecule has 6 heteroatoms. The van der Waals surface area contributed by atoms with Crippen molar-refractivity contribution in [3.8, 4) is 0 Å². The molecular weight excluding hydrogens is 901 g/mol. The van der Waals surface area contributed by atoms with Gasteiger partial charge in [0.2, 0.25) is 0 Å². The van der Waals surface area contributed by atoms with E-state index in [1.165, 1.54) is 186 Å². The number of hydrogen-bond donors (Lipinski definition) is 0. The number of allylic oxidation sites excluding steroid dienone is 12. The Labute approximate surface area is 453 Å². The Kier molecular flexibility index (Phi) is 58.7. The number of carbonyl (C=O) groups excluding carboxylic acids is 3. The second-order valence-electron chi connectivity index (χ2n) is 20.9. The summed E-state index contributed by atoms with van der Waals surface area (Å²) in [6.45, 7) is 6.51. The Morgan fingerprint density at radius 1 is 0.288 bits per heavy atom. The monoisotopic (exact) mass is 1020 g/mol. The van der Waals surface area contributed by atoms with Crippen LogP contribution in [0.15, 0.2) is 72.9 Å². The van der Waals surface area contributed by atoms with Crippen molar-refractivity contribution in [2.45, 2.75) is 322 Å². The zero-order chi connectivity index (χ0) is 52.9. The van der Waals surface area contributed by atoms with Gasteiger partial charge < -0.3 is 14.2 Å². The third-order valence-electron chi connectivity index (χ3n) is 13.7. The molecule has 0 fully saturated rings. The second-order valence-corrected chi connectivity index (χ2v) is 20.9. The Morgan fingerprint density at radius 3 is 0.863 bits per heavy atom. The van der Waals surface area contributed by atoms with Crippen LogP contribution in [0, 0.1) is 0 Å². The third-order valence-corrected chi connectivity index (χ3v) is 13.7. The van der Waals surface area contributed by atoms with Crippen LogP contribution in [0.25, 0.3) is 0 Å². The summed E-state index contributed by atoms with van der Waals surface area (Å²) >= 11 is 0. The van der Waals surface area contributed by atoms with Crippen molar-refractivity contribution in [1.29, 1.82) is 0 Å². The molecule has 0 aliphatic carbocycles. The number of ether oxygens (including phenoxy) is 3. The first kappa shape index (κ1) is 69.8. The van der Waals surface area contributed by atoms with Crippen molar-refractivity contribution in [1.82, 2.24) is 0 Å². The summed E-state index contributed by atoms with van der Waals surface area (Å²) in [5, 5.41) is 0. The molecule has 0 radical (unpaired) electrons. The van der Waals surface area contributed by atoms with E-state index in [0.29, 0.717) is 19.3 Å². The second kappa shape index (κ2) is 61.4. The summed E-state index contributed by atoms with van der Waals surface area (Å²) in [5.41, 5.74) is 0. The first-order valence-electron chi connectivity index (χ1n) is 31.4. The molecule has 1 atom stereocenters. The van der Waals surface area contributed by atoms with Gasteiger partial charge in [0.1, 0.15) is 13.2 Å². The minimum atomic E-state index is -0.790. The molecule has 0 heterocycles. The zero-order valence-electron chi connectivity index (χ0n) is 48.4. The Bertz CT molecular complexity index is 1360. The zero-order valence-corrected chi connectivity index (χ0v) is 48.4. The van der Waals surface area contributed by atoms with E-state index in [1.807, 2.05) is 0 Å². The Hall–Kier alpha value is -3.15. The van der Waals surface area contributed by atoms with Gasteiger partial charge in [-0.1, -0.05) is 261 Å². The van der Waals surface area contributed by atoms with Crippen LogP contribution >= 0.6 is 0 Å². The molecule has 0 aromatic rings. The van der Waals surface area contributed by atoms with Gasteiger partial charge in [-0.3, -0.25) is 14.4 Å². The van der Waals surface area contributed by atoms with E-state index >= 15 is 0 Å². The summed E-state index contributed by atoms with van der Waals surface area (Å²) in [4.78, 5) is 38.2. The maximum atomic E-state index is 12.9. The molecule has 0 rings (SSSR count). The molecule has 0 saturated heterocycles. The fourth-order valence-corrected chi connectivity index (χ4v) is 8.95. The summed E-state index contributed by atoms with van der Waals surface area (Å²) in [7, 11) is 0. The Balaban J connectivity index is 4.30. The van der Waals surface area contributed by atoms with Crippen LogP contribution < -0.4 is 0 Å². The van der Waals surface area contributed by atoms with E-state index in [9.17, 15) is 14.4 Å². The molecule has 6 nitrogen and oxygen atoms in total. The van der Waals surface area contributed by atoms with Crippen LogP contribution in [-0.2, 0) is 28.6 Å². The van der Waals surface area contributed by atoms with Gasteiger partial charge in [0.15, 0.2) is 6.10 Å². The maximum absolute atomic E-state index is 12.9. The van der Waals surface area contributed by atoms with E-state index in [0.717, 1.165) is 89.9 Å². The van der Waals surface area contributed by atoms with Gasteiger partial charge in [0, 0.05) is 19.3 Å². The predicted octanol–water partition coefficient (Wildman–Crippen LogP) is 21.3. The predicted molar refractivity (Wildman–Crippen MR) is 316 cm³/mol. The van der Waals surface area contributed by atoms with E-state index in [2.05, 4.69) is 93.7 Å². The van der Waals surface area contributed by atoms with E-state index in [1.54, 1.807) is 0 Å². The molecule has 0 aliphatic heterocycles. The van der Waals surface area contributed by atoms with Gasteiger partial charge in [0.05, 0.1) is 0 Å². The number of esters is 3. The Morgan fingerprint density at radius 2 is 0.534 bits per heavy atom. The molecule has 0 aliphatic rings. The minimum Gasteiger partial charge on any atom is -0.462 e. The molecular formula is C67H118O6. The number of hydrogen-bond acceptors (Lipinski definition) is 6. The van der Waals surface area contributed by atoms with Gasteiger partial charge in [-0.05, 0) is 109 Å². The highest BCUT2D eigenvalue weighted by molar-refractivity contribution is 5.71. The number of carbonyl (C=O) groups is 3. The van der Waals surface area contributed by atoms with Gasteiger partial charge >= 0.3 is 17.9 Å². The minimum absolute atomic E-state index is 0.0855. The maximum Gasteiger partial charge on any atom is 0.306 e. The van der Waals surface area contributed by atoms with Crippen molar-refractivity contribution in [2.24, 2.45) is 0 Å². The number of rotatable bonds is 57. The van der Waals surface area contributed by atoms with Crippen LogP contribution in [0.4, 0.5) is 0 Å². The lowest BCUT2D eigenvalue weighted by atomic mass is 10.0. The summed E-state index contributed by atoms with van der Waals surface area (Å²) in [6, 6.07) is 0. The van der Waals surface area contributed by atoms with Crippen molar-refractivity contribution in [2.75, 3.05) is 13.2 Å². The number of unbranched alkanes of at least 4 members (excludes halogenated alkanes) is 34. The molecule has 0 saturated carbocycles. The lowest BCUT2D eigenvalue weighted by Crippen LogP contribution is -2.30. The summed E-state index contributed by atoms with van der Waals surface area (Å²) in [5.74, 6) is -0.909. The highest BCUT2D eigenvalue weighted by atomic mass is 16.6. The summed E-state index contributed by atoms with van der Waals surface area (Å²) in [6.07, 6.45) is 79.1. The van der Waals surface area contributed by atoms with Crippen molar-refractivity contribution in [3.05, 3.63) is 72.9 Å². The standard InChI is InChI=1S/C67H118O6/c1-4-7-10-13-16-19-22-25-27-29-30-31-32-33-34-35-36-38-39-42-45-48-51-54-57-60-66(69)72-63-64(62-71-65(68)59-56-53-50-47-44-41-24-21-18-15-12-9-6-3)73-67(70)61-58-55-52-49-46-43-40-37-28-26-23-20-17-14-11-8-5-2/h9,12,18,21-22,25-26,28-30,41,44,64H,4-8,10-11,13-17,19-20,23-24,27,31-40,42-43,45-63H2,1-3H3/b12-9-,21-18-,25-22-,28-26-,30-29-,44-41-. The van der Waals surface area contributed by atoms with E-state index in [-0.39, 0.29) is 31.1 Å². The van der Waals surface area contributed by atoms with Crippen LogP contribution in [0.1, 0.15) is 316 Å². The molecule has 422 valence electrons. The highest BCUT2D eigenvalue weighted by Gasteiger charge is 2.19. The quantitative estimate of drug-likeness (QED) is 0.0261. The lowest BCUT2D eigenvalue weighted by Gasteiger charge is -2.18. The summed E-state index contributed by atoms with van der Waals surface area (Å²) < 4.78 is 16.9. The van der Waals surface area contributed by atoms with Crippen LogP contribution in [0.5, 0.6) is 0 Å². The first-order valence-corrected chi connectivity index (χ1v) is 31.4. The van der Waals surface area contributed by atoms with Crippen molar-refractivity contribution >= 4 is 17.9 Å². The molecule has 0 amide bonds. The van der Waals surface area contributed by atoms with Crippen molar-refractivity contribution in [3.63, 3.8) is 0 Å². The molecule has 0 aromatic carbocycles. The molecule has 0 aromatic heterocycles. The largest absolute Gasteiger partial charge is 0.462 e. The van der Waals surface area contributed by atoms with Gasteiger partial charge in [-0.2, -0.15) is 0 Å². The first-order chi connectivity index (χ1) is 36.0.